The van der Waals surface area contributed by atoms with Crippen LogP contribution >= 0.6 is 22.7 Å². The molecule has 0 N–H and O–H groups in total. The standard InChI is InChI=1S/C35H26F6O4S2/c1-17-5-9-21(46-17)10-13-24-28(22-11-7-19(42-3)15-25(22)44-24)30-31(34(38,39)35(40,41)33(30,36)37)29-23-12-8-20(43-4)16-26(23)45-32(29)27-14-6-18(2)47-27/h5-9,11-12,14-16H,10,13H2,1-4H3. The van der Waals surface area contributed by atoms with Gasteiger partial charge in [0.05, 0.1) is 19.1 Å². The van der Waals surface area contributed by atoms with Crippen LogP contribution in [0.2, 0.25) is 0 Å². The van der Waals surface area contributed by atoms with Crippen LogP contribution in [0.3, 0.4) is 0 Å². The number of halogens is 6. The maximum Gasteiger partial charge on any atom is 0.380 e. The molecular formula is C35H26F6O4S2. The average molecular weight is 689 g/mol. The number of furan rings is 2. The highest BCUT2D eigenvalue weighted by molar-refractivity contribution is 7.15. The number of benzene rings is 2. The van der Waals surface area contributed by atoms with Crippen molar-refractivity contribution in [1.29, 1.82) is 0 Å². The molecule has 0 spiro atoms. The Morgan fingerprint density at radius 2 is 1.19 bits per heavy atom. The number of thiophene rings is 2. The second-order valence-electron chi connectivity index (χ2n) is 11.3. The monoisotopic (exact) mass is 688 g/mol. The Bertz CT molecular complexity index is 2200. The summed E-state index contributed by atoms with van der Waals surface area (Å²) in [5.74, 6) is -16.2. The first-order valence-electron chi connectivity index (χ1n) is 14.5. The van der Waals surface area contributed by atoms with E-state index in [1.807, 2.05) is 19.1 Å². The molecule has 0 fully saturated rings. The van der Waals surface area contributed by atoms with Gasteiger partial charge >= 0.3 is 17.8 Å². The highest BCUT2D eigenvalue weighted by Crippen LogP contribution is 2.67. The predicted molar refractivity (Wildman–Crippen MR) is 172 cm³/mol. The van der Waals surface area contributed by atoms with E-state index in [-0.39, 0.29) is 39.9 Å². The van der Waals surface area contributed by atoms with Crippen molar-refractivity contribution in [3.63, 3.8) is 0 Å². The molecule has 0 unspecified atom stereocenters. The molecule has 0 aliphatic heterocycles. The highest BCUT2D eigenvalue weighted by atomic mass is 32.1. The summed E-state index contributed by atoms with van der Waals surface area (Å²) >= 11 is 2.63. The van der Waals surface area contributed by atoms with E-state index in [1.165, 1.54) is 62.0 Å². The number of hydrogen-bond acceptors (Lipinski definition) is 6. The molecule has 1 aliphatic rings. The molecule has 4 aromatic heterocycles. The maximum absolute atomic E-state index is 16.4. The topological polar surface area (TPSA) is 44.7 Å². The van der Waals surface area contributed by atoms with Crippen molar-refractivity contribution < 1.29 is 44.7 Å². The van der Waals surface area contributed by atoms with Gasteiger partial charge in [-0.1, -0.05) is 0 Å². The van der Waals surface area contributed by atoms with E-state index in [9.17, 15) is 0 Å². The highest BCUT2D eigenvalue weighted by Gasteiger charge is 2.81. The molecule has 0 amide bonds. The fourth-order valence-electron chi connectivity index (χ4n) is 6.13. The first kappa shape index (κ1) is 31.4. The van der Waals surface area contributed by atoms with E-state index in [4.69, 9.17) is 18.3 Å². The van der Waals surface area contributed by atoms with Crippen molar-refractivity contribution >= 4 is 55.8 Å². The molecule has 0 bridgehead atoms. The maximum atomic E-state index is 16.4. The third-order valence-electron chi connectivity index (χ3n) is 8.39. The lowest BCUT2D eigenvalue weighted by molar-refractivity contribution is -0.254. The van der Waals surface area contributed by atoms with Crippen LogP contribution in [0, 0.1) is 13.8 Å². The van der Waals surface area contributed by atoms with Crippen molar-refractivity contribution in [1.82, 2.24) is 0 Å². The Labute approximate surface area is 272 Å². The van der Waals surface area contributed by atoms with Crippen molar-refractivity contribution in [3.8, 4) is 22.1 Å². The van der Waals surface area contributed by atoms with Gasteiger partial charge in [0, 0.05) is 66.2 Å². The van der Waals surface area contributed by atoms with Crippen LogP contribution in [0.15, 0.2) is 69.5 Å². The van der Waals surface area contributed by atoms with Gasteiger partial charge in [0.25, 0.3) is 0 Å². The number of aryl methyl sites for hydroxylation is 4. The summed E-state index contributed by atoms with van der Waals surface area (Å²) in [4.78, 5) is 2.98. The van der Waals surface area contributed by atoms with E-state index >= 15 is 26.3 Å². The average Bonchev–Trinajstić information content (AvgIpc) is 3.83. The summed E-state index contributed by atoms with van der Waals surface area (Å²) in [7, 11) is 2.78. The quantitative estimate of drug-likeness (QED) is 0.149. The Morgan fingerprint density at radius 1 is 0.638 bits per heavy atom. The number of methoxy groups -OCH3 is 2. The van der Waals surface area contributed by atoms with Crippen molar-refractivity contribution in [2.24, 2.45) is 0 Å². The van der Waals surface area contributed by atoms with Crippen LogP contribution in [0.4, 0.5) is 26.3 Å². The molecule has 12 heteroatoms. The summed E-state index contributed by atoms with van der Waals surface area (Å²) in [5, 5.41) is -0.0653. The molecule has 7 rings (SSSR count). The summed E-state index contributed by atoms with van der Waals surface area (Å²) in [5.41, 5.74) is -4.00. The number of hydrogen-bond donors (Lipinski definition) is 0. The molecule has 6 aromatic rings. The van der Waals surface area contributed by atoms with Crippen molar-refractivity contribution in [2.45, 2.75) is 44.5 Å². The van der Waals surface area contributed by atoms with Crippen LogP contribution < -0.4 is 9.47 Å². The Balaban J connectivity index is 1.60. The minimum absolute atomic E-state index is 0.0108. The van der Waals surface area contributed by atoms with Crippen LogP contribution in [0.25, 0.3) is 43.7 Å². The summed E-state index contributed by atoms with van der Waals surface area (Å²) < 4.78 is 119. The molecule has 0 atom stereocenters. The normalized spacial score (nSPS) is 16.9. The fraction of sp³-hybridized carbons (Fsp3) is 0.257. The number of alkyl halides is 6. The SMILES string of the molecule is COc1ccc2c(C3=C(c4c(-c5ccc(C)s5)oc5cc(OC)ccc45)C(F)(F)C(F)(F)C3(F)F)c(CCc3ccc(C)s3)oc2c1. The van der Waals surface area contributed by atoms with Crippen LogP contribution in [-0.2, 0) is 12.8 Å². The second-order valence-corrected chi connectivity index (χ2v) is 14.0. The van der Waals surface area contributed by atoms with Gasteiger partial charge in [0.15, 0.2) is 5.76 Å². The fourth-order valence-corrected chi connectivity index (χ4v) is 7.88. The first-order chi connectivity index (χ1) is 22.3. The van der Waals surface area contributed by atoms with Crippen LogP contribution in [-0.4, -0.2) is 32.0 Å². The molecule has 1 aliphatic carbocycles. The number of rotatable bonds is 8. The third kappa shape index (κ3) is 4.70. The summed E-state index contributed by atoms with van der Waals surface area (Å²) in [6, 6.07) is 15.4. The van der Waals surface area contributed by atoms with E-state index in [0.29, 0.717) is 22.8 Å². The van der Waals surface area contributed by atoms with Gasteiger partial charge in [-0.25, -0.2) is 0 Å². The lowest BCUT2D eigenvalue weighted by atomic mass is 9.90. The lowest BCUT2D eigenvalue weighted by Crippen LogP contribution is -2.49. The molecule has 47 heavy (non-hydrogen) atoms. The second kappa shape index (κ2) is 10.9. The molecule has 0 radical (unpaired) electrons. The van der Waals surface area contributed by atoms with E-state index in [1.54, 1.807) is 19.1 Å². The number of fused-ring (bicyclic) bond motifs is 2. The van der Waals surface area contributed by atoms with Gasteiger partial charge in [0.2, 0.25) is 0 Å². The van der Waals surface area contributed by atoms with Gasteiger partial charge in [-0.15, -0.1) is 22.7 Å². The predicted octanol–water partition coefficient (Wildman–Crippen LogP) is 11.2. The van der Waals surface area contributed by atoms with E-state index in [2.05, 4.69) is 0 Å². The van der Waals surface area contributed by atoms with Gasteiger partial charge in [-0.2, -0.15) is 26.3 Å². The Hall–Kier alpha value is -4.16. The molecule has 0 saturated heterocycles. The summed E-state index contributed by atoms with van der Waals surface area (Å²) in [6.45, 7) is 3.68. The zero-order chi connectivity index (χ0) is 33.5. The Kier molecular flexibility index (Phi) is 7.32. The van der Waals surface area contributed by atoms with Crippen molar-refractivity contribution in [2.75, 3.05) is 14.2 Å². The van der Waals surface area contributed by atoms with Gasteiger partial charge in [-0.3, -0.25) is 0 Å². The first-order valence-corrected chi connectivity index (χ1v) is 16.1. The van der Waals surface area contributed by atoms with Crippen LogP contribution in [0.1, 0.15) is 31.5 Å². The number of ether oxygens (including phenoxy) is 2. The summed E-state index contributed by atoms with van der Waals surface area (Å²) in [6.07, 6.45) is 0.286. The van der Waals surface area contributed by atoms with Gasteiger partial charge < -0.3 is 18.3 Å². The molecule has 4 heterocycles. The molecule has 0 saturated carbocycles. The van der Waals surface area contributed by atoms with Crippen molar-refractivity contribution in [3.05, 3.63) is 92.2 Å². The molecule has 244 valence electrons. The number of allylic oxidation sites excluding steroid dienone is 2. The third-order valence-corrected chi connectivity index (χ3v) is 10.5. The van der Waals surface area contributed by atoms with E-state index < -0.39 is 40.0 Å². The smallest absolute Gasteiger partial charge is 0.380 e. The van der Waals surface area contributed by atoms with Gasteiger partial charge in [-0.05, 0) is 68.8 Å². The minimum Gasteiger partial charge on any atom is -0.497 e. The molecular weight excluding hydrogens is 663 g/mol. The zero-order valence-electron chi connectivity index (χ0n) is 25.4. The largest absolute Gasteiger partial charge is 0.497 e. The zero-order valence-corrected chi connectivity index (χ0v) is 27.0. The molecule has 2 aromatic carbocycles. The van der Waals surface area contributed by atoms with E-state index in [0.717, 1.165) is 26.0 Å². The molecule has 4 nitrogen and oxygen atoms in total. The minimum atomic E-state index is -5.79. The lowest BCUT2D eigenvalue weighted by Gasteiger charge is -2.25. The van der Waals surface area contributed by atoms with Crippen LogP contribution in [0.5, 0.6) is 11.5 Å². The van der Waals surface area contributed by atoms with Gasteiger partial charge in [0.1, 0.15) is 28.4 Å². The Morgan fingerprint density at radius 3 is 1.74 bits per heavy atom.